The molecule has 1 aromatic heterocycles. The van der Waals surface area contributed by atoms with Gasteiger partial charge < -0.3 is 10.4 Å². The molecule has 0 spiro atoms. The molecule has 1 heterocycles. The Kier molecular flexibility index (Phi) is 4.61. The maximum absolute atomic E-state index is 12.8. The van der Waals surface area contributed by atoms with Crippen molar-refractivity contribution in [1.82, 2.24) is 10.3 Å². The van der Waals surface area contributed by atoms with Crippen molar-refractivity contribution in [2.45, 2.75) is 63.5 Å². The first-order chi connectivity index (χ1) is 12.1. The van der Waals surface area contributed by atoms with E-state index >= 15 is 0 Å². The number of aliphatic hydroxyl groups is 1. The second kappa shape index (κ2) is 6.89. The number of aromatic nitrogens is 1. The van der Waals surface area contributed by atoms with Crippen LogP contribution in [0.25, 0.3) is 0 Å². The molecular formula is C20H24N2O2S. The van der Waals surface area contributed by atoms with E-state index in [2.05, 4.69) is 10.3 Å². The summed E-state index contributed by atoms with van der Waals surface area (Å²) in [6, 6.07) is 7.60. The molecule has 1 amide bonds. The van der Waals surface area contributed by atoms with E-state index in [1.54, 1.807) is 0 Å². The van der Waals surface area contributed by atoms with Gasteiger partial charge in [-0.15, -0.1) is 11.3 Å². The zero-order valence-corrected chi connectivity index (χ0v) is 15.3. The highest BCUT2D eigenvalue weighted by atomic mass is 32.1. The number of nitrogens with zero attached hydrogens (tertiary/aromatic N) is 1. The first-order valence-corrected chi connectivity index (χ1v) is 9.99. The summed E-state index contributed by atoms with van der Waals surface area (Å²) in [5, 5.41) is 14.5. The number of aliphatic hydroxyl groups excluding tert-OH is 1. The summed E-state index contributed by atoms with van der Waals surface area (Å²) in [5.74, 6) is 0.398. The zero-order chi connectivity index (χ0) is 17.4. The van der Waals surface area contributed by atoms with Gasteiger partial charge in [0.05, 0.1) is 22.8 Å². The predicted octanol–water partition coefficient (Wildman–Crippen LogP) is 3.89. The number of aryl methyl sites for hydroxylation is 1. The molecule has 1 saturated carbocycles. The smallest absolute Gasteiger partial charge is 0.263 e. The Morgan fingerprint density at radius 1 is 1.24 bits per heavy atom. The highest BCUT2D eigenvalue weighted by molar-refractivity contribution is 7.13. The average molecular weight is 356 g/mol. The van der Waals surface area contributed by atoms with Gasteiger partial charge in [-0.1, -0.05) is 43.5 Å². The van der Waals surface area contributed by atoms with Crippen molar-refractivity contribution in [1.29, 1.82) is 0 Å². The SMILES string of the molecule is Cc1nc(C2CCCCC2)sc1C(=O)N[C@@H]1c2ccccc2C[C@@H]1O. The van der Waals surface area contributed by atoms with Crippen LogP contribution in [0.2, 0.25) is 0 Å². The minimum absolute atomic E-state index is 0.113. The van der Waals surface area contributed by atoms with Crippen LogP contribution in [0.15, 0.2) is 24.3 Å². The van der Waals surface area contributed by atoms with Crippen LogP contribution in [0.1, 0.15) is 75.6 Å². The number of nitrogens with one attached hydrogen (secondary N) is 1. The predicted molar refractivity (Wildman–Crippen MR) is 99.0 cm³/mol. The fourth-order valence-electron chi connectivity index (χ4n) is 4.11. The summed E-state index contributed by atoms with van der Waals surface area (Å²) < 4.78 is 0. The van der Waals surface area contributed by atoms with E-state index in [1.165, 1.54) is 43.4 Å². The molecule has 1 fully saturated rings. The van der Waals surface area contributed by atoms with Crippen LogP contribution < -0.4 is 5.32 Å². The Labute approximate surface area is 152 Å². The number of rotatable bonds is 3. The molecule has 0 unspecified atom stereocenters. The molecular weight excluding hydrogens is 332 g/mol. The second-order valence-electron chi connectivity index (χ2n) is 7.22. The van der Waals surface area contributed by atoms with Gasteiger partial charge in [0.15, 0.2) is 0 Å². The van der Waals surface area contributed by atoms with E-state index in [0.29, 0.717) is 17.2 Å². The standard InChI is InChI=1S/C20H24N2O2S/c1-12-18(25-20(21-12)13-7-3-2-4-8-13)19(24)22-17-15-10-6-5-9-14(15)11-16(17)23/h5-6,9-10,13,16-17,23H,2-4,7-8,11H2,1H3,(H,22,24)/t16-,17+/m0/s1. The topological polar surface area (TPSA) is 62.2 Å². The normalized spacial score (nSPS) is 23.4. The first-order valence-electron chi connectivity index (χ1n) is 9.17. The maximum Gasteiger partial charge on any atom is 0.263 e. The Hall–Kier alpha value is -1.72. The molecule has 0 bridgehead atoms. The molecule has 2 atom stereocenters. The Bertz CT molecular complexity index is 780. The van der Waals surface area contributed by atoms with Crippen LogP contribution in [-0.2, 0) is 6.42 Å². The number of hydrogen-bond acceptors (Lipinski definition) is 4. The quantitative estimate of drug-likeness (QED) is 0.877. The Morgan fingerprint density at radius 3 is 2.80 bits per heavy atom. The van der Waals surface area contributed by atoms with E-state index < -0.39 is 6.10 Å². The van der Waals surface area contributed by atoms with Crippen LogP contribution in [-0.4, -0.2) is 22.1 Å². The summed E-state index contributed by atoms with van der Waals surface area (Å²) in [6.45, 7) is 1.91. The minimum atomic E-state index is -0.563. The molecule has 2 aliphatic carbocycles. The lowest BCUT2D eigenvalue weighted by Gasteiger charge is -2.19. The van der Waals surface area contributed by atoms with E-state index in [-0.39, 0.29) is 11.9 Å². The van der Waals surface area contributed by atoms with Crippen LogP contribution >= 0.6 is 11.3 Å². The molecule has 5 heteroatoms. The lowest BCUT2D eigenvalue weighted by atomic mass is 9.90. The molecule has 4 rings (SSSR count). The molecule has 2 aromatic rings. The van der Waals surface area contributed by atoms with Gasteiger partial charge in [-0.3, -0.25) is 4.79 Å². The Balaban J connectivity index is 1.53. The number of amides is 1. The summed E-state index contributed by atoms with van der Waals surface area (Å²) in [4.78, 5) is 18.2. The minimum Gasteiger partial charge on any atom is -0.390 e. The fraction of sp³-hybridized carbons (Fsp3) is 0.500. The van der Waals surface area contributed by atoms with Crippen LogP contribution in [0.4, 0.5) is 0 Å². The third kappa shape index (κ3) is 3.23. The second-order valence-corrected chi connectivity index (χ2v) is 8.25. The first kappa shape index (κ1) is 16.7. The van der Waals surface area contributed by atoms with Crippen LogP contribution in [0.3, 0.4) is 0 Å². The average Bonchev–Trinajstić information content (AvgIpc) is 3.16. The van der Waals surface area contributed by atoms with Gasteiger partial charge in [0.25, 0.3) is 5.91 Å². The number of fused-ring (bicyclic) bond motifs is 1. The molecule has 132 valence electrons. The number of carbonyl (C=O) groups excluding carboxylic acids is 1. The lowest BCUT2D eigenvalue weighted by molar-refractivity contribution is 0.0861. The highest BCUT2D eigenvalue weighted by Crippen LogP contribution is 2.36. The number of hydrogen-bond donors (Lipinski definition) is 2. The van der Waals surface area contributed by atoms with Gasteiger partial charge in [0, 0.05) is 12.3 Å². The van der Waals surface area contributed by atoms with Crippen molar-refractivity contribution in [2.75, 3.05) is 0 Å². The van der Waals surface area contributed by atoms with E-state index in [0.717, 1.165) is 21.8 Å². The van der Waals surface area contributed by atoms with Crippen LogP contribution in [0.5, 0.6) is 0 Å². The van der Waals surface area contributed by atoms with Crippen molar-refractivity contribution in [3.63, 3.8) is 0 Å². The maximum atomic E-state index is 12.8. The fourth-order valence-corrected chi connectivity index (χ4v) is 5.25. The summed E-state index contributed by atoms with van der Waals surface area (Å²) in [7, 11) is 0. The van der Waals surface area contributed by atoms with Crippen molar-refractivity contribution in [3.05, 3.63) is 51.0 Å². The zero-order valence-electron chi connectivity index (χ0n) is 14.5. The van der Waals surface area contributed by atoms with Gasteiger partial charge in [0.1, 0.15) is 4.88 Å². The largest absolute Gasteiger partial charge is 0.390 e. The molecule has 0 radical (unpaired) electrons. The summed E-state index contributed by atoms with van der Waals surface area (Å²) in [6.07, 6.45) is 6.23. The summed E-state index contributed by atoms with van der Waals surface area (Å²) in [5.41, 5.74) is 2.95. The summed E-state index contributed by atoms with van der Waals surface area (Å²) >= 11 is 1.54. The van der Waals surface area contributed by atoms with E-state index in [9.17, 15) is 9.90 Å². The molecule has 2 aliphatic rings. The lowest BCUT2D eigenvalue weighted by Crippen LogP contribution is -2.33. The Morgan fingerprint density at radius 2 is 2.00 bits per heavy atom. The third-order valence-corrected chi connectivity index (χ3v) is 6.78. The van der Waals surface area contributed by atoms with Gasteiger partial charge >= 0.3 is 0 Å². The number of benzene rings is 1. The van der Waals surface area contributed by atoms with Gasteiger partial charge in [0.2, 0.25) is 0 Å². The van der Waals surface area contributed by atoms with Crippen molar-refractivity contribution in [2.24, 2.45) is 0 Å². The third-order valence-electron chi connectivity index (χ3n) is 5.46. The van der Waals surface area contributed by atoms with Gasteiger partial charge in [-0.25, -0.2) is 4.98 Å². The molecule has 0 aliphatic heterocycles. The van der Waals surface area contributed by atoms with Gasteiger partial charge in [-0.2, -0.15) is 0 Å². The highest BCUT2D eigenvalue weighted by Gasteiger charge is 2.33. The molecule has 0 saturated heterocycles. The van der Waals surface area contributed by atoms with E-state index in [4.69, 9.17) is 0 Å². The van der Waals surface area contributed by atoms with Crippen molar-refractivity contribution >= 4 is 17.2 Å². The van der Waals surface area contributed by atoms with Crippen LogP contribution in [0, 0.1) is 6.92 Å². The monoisotopic (exact) mass is 356 g/mol. The van der Waals surface area contributed by atoms with Gasteiger partial charge in [-0.05, 0) is 30.9 Å². The molecule has 2 N–H and O–H groups in total. The number of thiazole rings is 1. The van der Waals surface area contributed by atoms with Crippen molar-refractivity contribution < 1.29 is 9.90 Å². The van der Waals surface area contributed by atoms with Crippen molar-refractivity contribution in [3.8, 4) is 0 Å². The number of carbonyl (C=O) groups is 1. The van der Waals surface area contributed by atoms with E-state index in [1.807, 2.05) is 31.2 Å². The molecule has 25 heavy (non-hydrogen) atoms. The molecule has 1 aromatic carbocycles. The molecule has 4 nitrogen and oxygen atoms in total.